The van der Waals surface area contributed by atoms with Crippen LogP contribution in [0.5, 0.6) is 0 Å². The summed E-state index contributed by atoms with van der Waals surface area (Å²) < 4.78 is 0. The van der Waals surface area contributed by atoms with E-state index in [9.17, 15) is 24.6 Å². The third kappa shape index (κ3) is 40.1. The zero-order chi connectivity index (χ0) is 53.0. The maximum Gasteiger partial charge on any atom is 0.243 e. The number of carbonyl (C=O) groups is 3. The average molecular weight is 1000 g/mol. The number of unbranched alkanes of at least 4 members (excludes halogenated alkanes) is 8. The Morgan fingerprint density at radius 3 is 1.34 bits per heavy atom. The molecular weight excluding hydrogens is 903 g/mol. The first-order chi connectivity index (χ1) is 35.8. The number of aryl methyl sites for hydroxylation is 2. The van der Waals surface area contributed by atoms with E-state index in [1.807, 2.05) is 0 Å². The van der Waals surface area contributed by atoms with Crippen LogP contribution in [0.1, 0.15) is 199 Å². The molecular formula is C65H101N3O5. The quantitative estimate of drug-likeness (QED) is 0.0328. The summed E-state index contributed by atoms with van der Waals surface area (Å²) in [5, 5.41) is 30.0. The van der Waals surface area contributed by atoms with Crippen LogP contribution in [0.15, 0.2) is 146 Å². The second-order valence-electron chi connectivity index (χ2n) is 19.1. The lowest BCUT2D eigenvalue weighted by Crippen LogP contribution is -2.59. The standard InChI is InChI=1S/C65H101N3O5/c1-4-7-10-13-16-18-20-22-24-26-28-30-32-34-36-39-42-48-62(71)66-56-45-44-47-61(67-63(72)49-43-40-37-35-33-31-29-27-25-23-21-19-17-14-11-8-5-2)64(73)68-65(57-69,58-70)55-54-60-52-50-59(51-53-60)46-41-38-15-12-9-6-3/h7-8,10-11,16-19,22-25,28-31,34-37,50-53,61,69-70H,4-6,9,12-15,20-21,26-27,32-33,38-49,54-58H2,1-3H3,(H,66,71)(H,67,72)(H,68,73). The highest BCUT2D eigenvalue weighted by Crippen LogP contribution is 2.18. The van der Waals surface area contributed by atoms with Crippen molar-refractivity contribution < 1.29 is 24.6 Å². The molecule has 0 saturated carbocycles. The van der Waals surface area contributed by atoms with Gasteiger partial charge in [-0.2, -0.15) is 0 Å². The Kier molecular flexibility index (Phi) is 44.4. The maximum atomic E-state index is 13.9. The molecule has 1 unspecified atom stereocenters. The lowest BCUT2D eigenvalue weighted by atomic mass is 9.91. The number of amides is 3. The number of aliphatic hydroxyl groups excluding tert-OH is 2. The van der Waals surface area contributed by atoms with Crippen LogP contribution in [0.2, 0.25) is 0 Å². The molecule has 1 rings (SSSR count). The molecule has 1 atom stereocenters. The van der Waals surface area contributed by atoms with Crippen molar-refractivity contribution in [2.75, 3.05) is 19.8 Å². The van der Waals surface area contributed by atoms with E-state index in [1.54, 1.807) is 0 Å². The molecule has 0 fully saturated rings. The van der Waals surface area contributed by atoms with Gasteiger partial charge in [-0.05, 0) is 146 Å². The second-order valence-corrected chi connectivity index (χ2v) is 19.1. The summed E-state index contributed by atoms with van der Waals surface area (Å²) >= 11 is 0. The van der Waals surface area contributed by atoms with E-state index < -0.39 is 30.7 Å². The molecule has 0 heterocycles. The first kappa shape index (κ1) is 66.0. The van der Waals surface area contributed by atoms with Gasteiger partial charge in [0.25, 0.3) is 0 Å². The smallest absolute Gasteiger partial charge is 0.243 e. The molecule has 0 radical (unpaired) electrons. The summed E-state index contributed by atoms with van der Waals surface area (Å²) in [7, 11) is 0. The molecule has 1 aromatic rings. The maximum absolute atomic E-state index is 13.9. The first-order valence-corrected chi connectivity index (χ1v) is 28.5. The van der Waals surface area contributed by atoms with Gasteiger partial charge in [-0.25, -0.2) is 0 Å². The van der Waals surface area contributed by atoms with Crippen molar-refractivity contribution in [2.24, 2.45) is 0 Å². The lowest BCUT2D eigenvalue weighted by molar-refractivity contribution is -0.131. The summed E-state index contributed by atoms with van der Waals surface area (Å²) in [6.45, 7) is 6.12. The van der Waals surface area contributed by atoms with E-state index in [0.29, 0.717) is 51.5 Å². The molecule has 5 N–H and O–H groups in total. The Labute approximate surface area is 445 Å². The van der Waals surface area contributed by atoms with Crippen LogP contribution in [0.4, 0.5) is 0 Å². The molecule has 3 amide bonds. The zero-order valence-electron chi connectivity index (χ0n) is 46.0. The molecule has 8 heteroatoms. The largest absolute Gasteiger partial charge is 0.394 e. The number of benzene rings is 1. The molecule has 0 bridgehead atoms. The Balaban J connectivity index is 2.66. The molecule has 406 valence electrons. The van der Waals surface area contributed by atoms with Gasteiger partial charge in [-0.3, -0.25) is 14.4 Å². The number of allylic oxidation sites excluding steroid dienone is 20. The van der Waals surface area contributed by atoms with E-state index in [1.165, 1.54) is 44.1 Å². The highest BCUT2D eigenvalue weighted by Gasteiger charge is 2.33. The van der Waals surface area contributed by atoms with E-state index in [-0.39, 0.29) is 18.2 Å². The van der Waals surface area contributed by atoms with Crippen molar-refractivity contribution in [3.63, 3.8) is 0 Å². The van der Waals surface area contributed by atoms with Crippen LogP contribution in [-0.4, -0.2) is 59.3 Å². The normalized spacial score (nSPS) is 13.2. The fourth-order valence-electron chi connectivity index (χ4n) is 7.89. The Morgan fingerprint density at radius 2 is 0.890 bits per heavy atom. The van der Waals surface area contributed by atoms with Crippen molar-refractivity contribution in [3.8, 4) is 0 Å². The van der Waals surface area contributed by atoms with Gasteiger partial charge >= 0.3 is 0 Å². The van der Waals surface area contributed by atoms with Crippen molar-refractivity contribution in [1.29, 1.82) is 0 Å². The van der Waals surface area contributed by atoms with Gasteiger partial charge in [-0.15, -0.1) is 0 Å². The summed E-state index contributed by atoms with van der Waals surface area (Å²) in [6.07, 6.45) is 67.8. The van der Waals surface area contributed by atoms with Crippen molar-refractivity contribution in [2.45, 2.75) is 212 Å². The Hall–Kier alpha value is -5.05. The Bertz CT molecular complexity index is 1830. The van der Waals surface area contributed by atoms with Crippen LogP contribution in [0, 0.1) is 0 Å². The summed E-state index contributed by atoms with van der Waals surface area (Å²) in [5.74, 6) is -0.638. The topological polar surface area (TPSA) is 128 Å². The molecule has 0 aliphatic carbocycles. The van der Waals surface area contributed by atoms with Gasteiger partial charge in [0, 0.05) is 19.4 Å². The Morgan fingerprint density at radius 1 is 0.479 bits per heavy atom. The predicted octanol–water partition coefficient (Wildman–Crippen LogP) is 15.0. The van der Waals surface area contributed by atoms with Crippen molar-refractivity contribution in [3.05, 3.63) is 157 Å². The molecule has 0 aliphatic heterocycles. The zero-order valence-corrected chi connectivity index (χ0v) is 46.0. The van der Waals surface area contributed by atoms with Gasteiger partial charge in [0.15, 0.2) is 0 Å². The molecule has 0 saturated heterocycles. The predicted molar refractivity (Wildman–Crippen MR) is 312 cm³/mol. The third-order valence-corrected chi connectivity index (χ3v) is 12.5. The number of nitrogens with one attached hydrogen (secondary N) is 3. The lowest BCUT2D eigenvalue weighted by Gasteiger charge is -2.33. The van der Waals surface area contributed by atoms with Crippen LogP contribution in [-0.2, 0) is 27.2 Å². The van der Waals surface area contributed by atoms with Gasteiger partial charge in [0.2, 0.25) is 17.7 Å². The number of rotatable bonds is 46. The minimum absolute atomic E-state index is 0.00517. The molecule has 0 aliphatic rings. The molecule has 1 aromatic carbocycles. The SMILES string of the molecule is CCC=CCC=CCC=CCC=CCC=CCCCC(=O)NCCCCC(NC(=O)CCCC=CCC=CCC=CCC=CCC=CCC)C(=O)NC(CO)(CO)CCc1ccc(CCCCCCCC)cc1. The number of hydrogen-bond donors (Lipinski definition) is 5. The number of aliphatic hydroxyl groups is 2. The third-order valence-electron chi connectivity index (χ3n) is 12.5. The number of carbonyl (C=O) groups excluding carboxylic acids is 3. The highest BCUT2D eigenvalue weighted by molar-refractivity contribution is 5.88. The first-order valence-electron chi connectivity index (χ1n) is 28.5. The highest BCUT2D eigenvalue weighted by atomic mass is 16.3. The summed E-state index contributed by atoms with van der Waals surface area (Å²) in [5.41, 5.74) is 1.12. The second kappa shape index (κ2) is 49.2. The van der Waals surface area contributed by atoms with E-state index >= 15 is 0 Å². The minimum atomic E-state index is -1.25. The average Bonchev–Trinajstić information content (AvgIpc) is 3.40. The minimum Gasteiger partial charge on any atom is -0.394 e. The fourth-order valence-corrected chi connectivity index (χ4v) is 7.89. The van der Waals surface area contributed by atoms with Gasteiger partial charge in [0.1, 0.15) is 6.04 Å². The monoisotopic (exact) mass is 1000 g/mol. The summed E-state index contributed by atoms with van der Waals surface area (Å²) in [6, 6.07) is 7.66. The van der Waals surface area contributed by atoms with Gasteiger partial charge in [0.05, 0.1) is 18.8 Å². The fraction of sp³-hybridized carbons (Fsp3) is 0.554. The van der Waals surface area contributed by atoms with Crippen LogP contribution in [0.3, 0.4) is 0 Å². The van der Waals surface area contributed by atoms with E-state index in [4.69, 9.17) is 0 Å². The molecule has 0 aromatic heterocycles. The van der Waals surface area contributed by atoms with Crippen molar-refractivity contribution >= 4 is 17.7 Å². The van der Waals surface area contributed by atoms with E-state index in [2.05, 4.69) is 183 Å². The van der Waals surface area contributed by atoms with Crippen LogP contribution in [0.25, 0.3) is 0 Å². The van der Waals surface area contributed by atoms with E-state index in [0.717, 1.165) is 95.5 Å². The molecule has 0 spiro atoms. The van der Waals surface area contributed by atoms with Crippen LogP contribution >= 0.6 is 0 Å². The molecule has 73 heavy (non-hydrogen) atoms. The van der Waals surface area contributed by atoms with Crippen LogP contribution < -0.4 is 16.0 Å². The van der Waals surface area contributed by atoms with Gasteiger partial charge in [-0.1, -0.05) is 199 Å². The van der Waals surface area contributed by atoms with Crippen molar-refractivity contribution in [1.82, 2.24) is 16.0 Å². The summed E-state index contributed by atoms with van der Waals surface area (Å²) in [4.78, 5) is 39.8. The number of hydrogen-bond acceptors (Lipinski definition) is 5. The van der Waals surface area contributed by atoms with Gasteiger partial charge < -0.3 is 26.2 Å². The molecule has 8 nitrogen and oxygen atoms in total.